The molecule has 0 aromatic heterocycles. The SMILES string of the molecule is CCOc1ccccc1Nc1ccc(N)cc1Cl. The third kappa shape index (κ3) is 2.87. The molecule has 18 heavy (non-hydrogen) atoms. The molecule has 2 aromatic rings. The summed E-state index contributed by atoms with van der Waals surface area (Å²) in [5.74, 6) is 0.799. The number of nitrogen functional groups attached to an aromatic ring is 1. The van der Waals surface area contributed by atoms with Crippen LogP contribution in [0.2, 0.25) is 5.02 Å². The van der Waals surface area contributed by atoms with Crippen molar-refractivity contribution in [2.45, 2.75) is 6.92 Å². The van der Waals surface area contributed by atoms with Crippen molar-refractivity contribution in [2.75, 3.05) is 17.7 Å². The molecule has 0 saturated heterocycles. The minimum atomic E-state index is 0.585. The molecule has 0 aliphatic carbocycles. The Bertz CT molecular complexity index is 543. The molecular formula is C14H15ClN2O. The van der Waals surface area contributed by atoms with Crippen LogP contribution in [0.1, 0.15) is 6.92 Å². The fourth-order valence-corrected chi connectivity index (χ4v) is 1.87. The summed E-state index contributed by atoms with van der Waals surface area (Å²) in [4.78, 5) is 0. The lowest BCUT2D eigenvalue weighted by Crippen LogP contribution is -1.98. The molecule has 0 aliphatic heterocycles. The molecule has 0 fully saturated rings. The first kappa shape index (κ1) is 12.6. The average molecular weight is 263 g/mol. The second kappa shape index (κ2) is 5.65. The first-order chi connectivity index (χ1) is 8.70. The first-order valence-corrected chi connectivity index (χ1v) is 6.12. The molecule has 2 aromatic carbocycles. The minimum Gasteiger partial charge on any atom is -0.492 e. The fraction of sp³-hybridized carbons (Fsp3) is 0.143. The number of benzene rings is 2. The summed E-state index contributed by atoms with van der Waals surface area (Å²) in [7, 11) is 0. The van der Waals surface area contributed by atoms with Gasteiger partial charge in [-0.05, 0) is 37.3 Å². The van der Waals surface area contributed by atoms with Crippen LogP contribution in [0.3, 0.4) is 0 Å². The zero-order chi connectivity index (χ0) is 13.0. The van der Waals surface area contributed by atoms with E-state index in [1.165, 1.54) is 0 Å². The molecule has 0 unspecified atom stereocenters. The van der Waals surface area contributed by atoms with Crippen molar-refractivity contribution < 1.29 is 4.74 Å². The van der Waals surface area contributed by atoms with Crippen molar-refractivity contribution in [3.8, 4) is 5.75 Å². The van der Waals surface area contributed by atoms with E-state index in [9.17, 15) is 0 Å². The zero-order valence-corrected chi connectivity index (χ0v) is 10.9. The second-order valence-electron chi connectivity index (χ2n) is 3.79. The first-order valence-electron chi connectivity index (χ1n) is 5.74. The summed E-state index contributed by atoms with van der Waals surface area (Å²) in [5, 5.41) is 3.82. The van der Waals surface area contributed by atoms with Crippen LogP contribution in [0.5, 0.6) is 5.75 Å². The maximum absolute atomic E-state index is 6.13. The summed E-state index contributed by atoms with van der Waals surface area (Å²) in [6, 6.07) is 13.1. The third-order valence-corrected chi connectivity index (χ3v) is 2.76. The number of halogens is 1. The van der Waals surface area contributed by atoms with Gasteiger partial charge >= 0.3 is 0 Å². The van der Waals surface area contributed by atoms with E-state index in [4.69, 9.17) is 22.1 Å². The highest BCUT2D eigenvalue weighted by Crippen LogP contribution is 2.31. The van der Waals surface area contributed by atoms with E-state index in [1.807, 2.05) is 37.3 Å². The van der Waals surface area contributed by atoms with Gasteiger partial charge in [-0.2, -0.15) is 0 Å². The molecule has 0 saturated carbocycles. The van der Waals surface area contributed by atoms with Crippen LogP contribution in [0.25, 0.3) is 0 Å². The summed E-state index contributed by atoms with van der Waals surface area (Å²) in [6.45, 7) is 2.57. The van der Waals surface area contributed by atoms with Gasteiger partial charge in [0.15, 0.2) is 0 Å². The highest BCUT2D eigenvalue weighted by Gasteiger charge is 2.05. The average Bonchev–Trinajstić information content (AvgIpc) is 2.35. The van der Waals surface area contributed by atoms with Crippen LogP contribution in [0.4, 0.5) is 17.1 Å². The van der Waals surface area contributed by atoms with Crippen LogP contribution >= 0.6 is 11.6 Å². The molecule has 94 valence electrons. The van der Waals surface area contributed by atoms with Crippen molar-refractivity contribution >= 4 is 28.7 Å². The quantitative estimate of drug-likeness (QED) is 0.817. The monoisotopic (exact) mass is 262 g/mol. The molecule has 0 radical (unpaired) electrons. The molecule has 2 rings (SSSR count). The zero-order valence-electron chi connectivity index (χ0n) is 10.1. The number of hydrogen-bond donors (Lipinski definition) is 2. The lowest BCUT2D eigenvalue weighted by molar-refractivity contribution is 0.342. The highest BCUT2D eigenvalue weighted by atomic mass is 35.5. The Morgan fingerprint density at radius 1 is 1.17 bits per heavy atom. The Balaban J connectivity index is 2.28. The molecule has 0 heterocycles. The van der Waals surface area contributed by atoms with Gasteiger partial charge in [0, 0.05) is 5.69 Å². The number of para-hydroxylation sites is 2. The summed E-state index contributed by atoms with van der Waals surface area (Å²) in [6.07, 6.45) is 0. The van der Waals surface area contributed by atoms with E-state index in [2.05, 4.69) is 5.32 Å². The Kier molecular flexibility index (Phi) is 3.95. The maximum atomic E-state index is 6.13. The van der Waals surface area contributed by atoms with Gasteiger partial charge in [0.2, 0.25) is 0 Å². The Morgan fingerprint density at radius 2 is 1.94 bits per heavy atom. The number of nitrogens with one attached hydrogen (secondary N) is 1. The van der Waals surface area contributed by atoms with E-state index in [0.29, 0.717) is 17.3 Å². The van der Waals surface area contributed by atoms with Crippen molar-refractivity contribution in [2.24, 2.45) is 0 Å². The predicted octanol–water partition coefficient (Wildman–Crippen LogP) is 4.06. The Hall–Kier alpha value is -1.87. The number of hydrogen-bond acceptors (Lipinski definition) is 3. The summed E-state index contributed by atoms with van der Waals surface area (Å²) in [5.41, 5.74) is 7.99. The second-order valence-corrected chi connectivity index (χ2v) is 4.20. The highest BCUT2D eigenvalue weighted by molar-refractivity contribution is 6.33. The molecule has 4 heteroatoms. The normalized spacial score (nSPS) is 10.1. The van der Waals surface area contributed by atoms with Crippen molar-refractivity contribution in [1.82, 2.24) is 0 Å². The van der Waals surface area contributed by atoms with E-state index in [0.717, 1.165) is 17.1 Å². The van der Waals surface area contributed by atoms with Crippen molar-refractivity contribution in [1.29, 1.82) is 0 Å². The predicted molar refractivity (Wildman–Crippen MR) is 76.8 cm³/mol. The van der Waals surface area contributed by atoms with Crippen molar-refractivity contribution in [3.63, 3.8) is 0 Å². The molecular weight excluding hydrogens is 248 g/mol. The topological polar surface area (TPSA) is 47.3 Å². The van der Waals surface area contributed by atoms with Crippen LogP contribution in [-0.4, -0.2) is 6.61 Å². The Labute approximate surface area is 112 Å². The molecule has 3 N–H and O–H groups in total. The molecule has 3 nitrogen and oxygen atoms in total. The van der Waals surface area contributed by atoms with E-state index >= 15 is 0 Å². The molecule has 0 amide bonds. The standard InChI is InChI=1S/C14H15ClN2O/c1-2-18-14-6-4-3-5-13(14)17-12-8-7-10(16)9-11(12)15/h3-9,17H,2,16H2,1H3. The lowest BCUT2D eigenvalue weighted by atomic mass is 10.2. The fourth-order valence-electron chi connectivity index (χ4n) is 1.63. The van der Waals surface area contributed by atoms with Gasteiger partial charge in [-0.25, -0.2) is 0 Å². The van der Waals surface area contributed by atoms with Crippen LogP contribution in [-0.2, 0) is 0 Å². The summed E-state index contributed by atoms with van der Waals surface area (Å²) >= 11 is 6.13. The third-order valence-electron chi connectivity index (χ3n) is 2.45. The largest absolute Gasteiger partial charge is 0.492 e. The van der Waals surface area contributed by atoms with Gasteiger partial charge < -0.3 is 15.8 Å². The van der Waals surface area contributed by atoms with Gasteiger partial charge in [0.25, 0.3) is 0 Å². The molecule has 0 atom stereocenters. The number of anilines is 3. The molecule has 0 bridgehead atoms. The maximum Gasteiger partial charge on any atom is 0.142 e. The summed E-state index contributed by atoms with van der Waals surface area (Å²) < 4.78 is 5.54. The van der Waals surface area contributed by atoms with Gasteiger partial charge in [0.05, 0.1) is 23.0 Å². The van der Waals surface area contributed by atoms with Crippen LogP contribution in [0.15, 0.2) is 42.5 Å². The van der Waals surface area contributed by atoms with Gasteiger partial charge in [-0.1, -0.05) is 23.7 Å². The van der Waals surface area contributed by atoms with Crippen LogP contribution in [0, 0.1) is 0 Å². The number of rotatable bonds is 4. The van der Waals surface area contributed by atoms with E-state index in [1.54, 1.807) is 12.1 Å². The van der Waals surface area contributed by atoms with Crippen molar-refractivity contribution in [3.05, 3.63) is 47.5 Å². The Morgan fingerprint density at radius 3 is 2.67 bits per heavy atom. The van der Waals surface area contributed by atoms with Gasteiger partial charge in [-0.3, -0.25) is 0 Å². The van der Waals surface area contributed by atoms with Gasteiger partial charge in [-0.15, -0.1) is 0 Å². The number of nitrogens with two attached hydrogens (primary N) is 1. The number of ether oxygens (including phenoxy) is 1. The van der Waals surface area contributed by atoms with E-state index < -0.39 is 0 Å². The van der Waals surface area contributed by atoms with E-state index in [-0.39, 0.29) is 0 Å². The smallest absolute Gasteiger partial charge is 0.142 e. The molecule has 0 aliphatic rings. The van der Waals surface area contributed by atoms with Gasteiger partial charge in [0.1, 0.15) is 5.75 Å². The molecule has 0 spiro atoms. The lowest BCUT2D eigenvalue weighted by Gasteiger charge is -2.13. The minimum absolute atomic E-state index is 0.585. The van der Waals surface area contributed by atoms with Crippen LogP contribution < -0.4 is 15.8 Å².